The van der Waals surface area contributed by atoms with E-state index in [0.29, 0.717) is 18.3 Å². The molecule has 0 unspecified atom stereocenters. The maximum absolute atomic E-state index is 10.9. The molecule has 0 radical (unpaired) electrons. The third-order valence-electron chi connectivity index (χ3n) is 1.28. The Labute approximate surface area is 78.4 Å². The summed E-state index contributed by atoms with van der Waals surface area (Å²) in [6.45, 7) is 0.433. The lowest BCUT2D eigenvalue weighted by Gasteiger charge is -1.99. The summed E-state index contributed by atoms with van der Waals surface area (Å²) < 4.78 is 4.60. The minimum absolute atomic E-state index is 0.00914. The van der Waals surface area contributed by atoms with Crippen LogP contribution in [-0.2, 0) is 11.3 Å². The Bertz CT molecular complexity index is 236. The maximum Gasteiger partial charge on any atom is 0.221 e. The van der Waals surface area contributed by atoms with Crippen molar-refractivity contribution in [2.24, 2.45) is 0 Å². The van der Waals surface area contributed by atoms with Crippen molar-refractivity contribution in [2.45, 2.75) is 13.0 Å². The van der Waals surface area contributed by atoms with E-state index in [-0.39, 0.29) is 5.91 Å². The SMILES string of the molecule is O=C(CCBr)NCc1ccon1. The first-order chi connectivity index (χ1) is 5.83. The largest absolute Gasteiger partial charge is 0.364 e. The number of halogens is 1. The zero-order valence-electron chi connectivity index (χ0n) is 6.42. The third kappa shape index (κ3) is 3.04. The molecule has 5 heteroatoms. The van der Waals surface area contributed by atoms with E-state index in [1.54, 1.807) is 6.07 Å². The van der Waals surface area contributed by atoms with Crippen LogP contribution in [0.5, 0.6) is 0 Å². The highest BCUT2D eigenvalue weighted by Gasteiger charge is 2.00. The molecule has 0 aliphatic carbocycles. The molecule has 0 aliphatic heterocycles. The number of aromatic nitrogens is 1. The fraction of sp³-hybridized carbons (Fsp3) is 0.429. The van der Waals surface area contributed by atoms with Crippen LogP contribution in [0.3, 0.4) is 0 Å². The lowest BCUT2D eigenvalue weighted by atomic mass is 10.4. The van der Waals surface area contributed by atoms with Crippen molar-refractivity contribution in [3.63, 3.8) is 0 Å². The second-order valence-corrected chi connectivity index (χ2v) is 3.00. The molecular weight excluding hydrogens is 224 g/mol. The Morgan fingerprint density at radius 3 is 3.17 bits per heavy atom. The number of nitrogens with one attached hydrogen (secondary N) is 1. The van der Waals surface area contributed by atoms with Crippen molar-refractivity contribution < 1.29 is 9.32 Å². The lowest BCUT2D eigenvalue weighted by molar-refractivity contribution is -0.120. The predicted molar refractivity (Wildman–Crippen MR) is 46.8 cm³/mol. The van der Waals surface area contributed by atoms with E-state index in [1.165, 1.54) is 6.26 Å². The van der Waals surface area contributed by atoms with Crippen molar-refractivity contribution in [1.29, 1.82) is 0 Å². The van der Waals surface area contributed by atoms with E-state index in [4.69, 9.17) is 0 Å². The van der Waals surface area contributed by atoms with E-state index in [0.717, 1.165) is 5.69 Å². The number of carbonyl (C=O) groups is 1. The topological polar surface area (TPSA) is 55.1 Å². The van der Waals surface area contributed by atoms with E-state index in [2.05, 4.69) is 30.9 Å². The number of rotatable bonds is 4. The summed E-state index contributed by atoms with van der Waals surface area (Å²) in [6, 6.07) is 1.72. The summed E-state index contributed by atoms with van der Waals surface area (Å²) in [6.07, 6.45) is 1.96. The average molecular weight is 233 g/mol. The first kappa shape index (κ1) is 9.25. The van der Waals surface area contributed by atoms with Gasteiger partial charge in [0, 0.05) is 17.8 Å². The molecule has 0 saturated carbocycles. The molecule has 4 nitrogen and oxygen atoms in total. The van der Waals surface area contributed by atoms with Crippen LogP contribution >= 0.6 is 15.9 Å². The third-order valence-corrected chi connectivity index (χ3v) is 1.68. The van der Waals surface area contributed by atoms with E-state index >= 15 is 0 Å². The Hall–Kier alpha value is -0.840. The van der Waals surface area contributed by atoms with Gasteiger partial charge in [-0.15, -0.1) is 0 Å². The van der Waals surface area contributed by atoms with Crippen LogP contribution in [0.1, 0.15) is 12.1 Å². The van der Waals surface area contributed by atoms with Gasteiger partial charge in [-0.2, -0.15) is 0 Å². The minimum Gasteiger partial charge on any atom is -0.364 e. The van der Waals surface area contributed by atoms with Crippen LogP contribution in [0.15, 0.2) is 16.9 Å². The van der Waals surface area contributed by atoms with Crippen molar-refractivity contribution >= 4 is 21.8 Å². The molecule has 0 bridgehead atoms. The maximum atomic E-state index is 10.9. The van der Waals surface area contributed by atoms with Gasteiger partial charge in [0.15, 0.2) is 0 Å². The van der Waals surface area contributed by atoms with Gasteiger partial charge in [-0.05, 0) is 0 Å². The quantitative estimate of drug-likeness (QED) is 0.791. The molecule has 1 aromatic rings. The summed E-state index contributed by atoms with van der Waals surface area (Å²) in [4.78, 5) is 10.9. The van der Waals surface area contributed by atoms with E-state index < -0.39 is 0 Å². The molecule has 66 valence electrons. The van der Waals surface area contributed by atoms with Crippen LogP contribution in [0.25, 0.3) is 0 Å². The summed E-state index contributed by atoms with van der Waals surface area (Å²) >= 11 is 3.17. The van der Waals surface area contributed by atoms with Crippen molar-refractivity contribution in [3.8, 4) is 0 Å². The lowest BCUT2D eigenvalue weighted by Crippen LogP contribution is -2.22. The number of nitrogens with zero attached hydrogens (tertiary/aromatic N) is 1. The standard InChI is InChI=1S/C7H9BrN2O2/c8-3-1-7(11)9-5-6-2-4-12-10-6/h2,4H,1,3,5H2,(H,9,11). The van der Waals surface area contributed by atoms with Gasteiger partial charge >= 0.3 is 0 Å². The van der Waals surface area contributed by atoms with Gasteiger partial charge in [0.25, 0.3) is 0 Å². The number of amides is 1. The Morgan fingerprint density at radius 1 is 1.75 bits per heavy atom. The molecule has 0 saturated heterocycles. The van der Waals surface area contributed by atoms with Crippen molar-refractivity contribution in [3.05, 3.63) is 18.0 Å². The smallest absolute Gasteiger partial charge is 0.221 e. The molecule has 0 spiro atoms. The molecule has 1 amide bonds. The Balaban J connectivity index is 2.22. The van der Waals surface area contributed by atoms with Gasteiger partial charge in [0.1, 0.15) is 12.0 Å². The number of hydrogen-bond acceptors (Lipinski definition) is 3. The van der Waals surface area contributed by atoms with Gasteiger partial charge < -0.3 is 9.84 Å². The summed E-state index contributed by atoms with van der Waals surface area (Å²) in [5.41, 5.74) is 0.734. The molecule has 0 atom stereocenters. The summed E-state index contributed by atoms with van der Waals surface area (Å²) in [5, 5.41) is 7.02. The predicted octanol–water partition coefficient (Wildman–Crippen LogP) is 1.08. The molecule has 0 aromatic carbocycles. The van der Waals surface area contributed by atoms with Crippen LogP contribution < -0.4 is 5.32 Å². The zero-order chi connectivity index (χ0) is 8.81. The second-order valence-electron chi connectivity index (χ2n) is 2.21. The Morgan fingerprint density at radius 2 is 2.58 bits per heavy atom. The number of carbonyl (C=O) groups excluding carboxylic acids is 1. The molecule has 0 fully saturated rings. The normalized spacial score (nSPS) is 9.75. The number of hydrogen-bond donors (Lipinski definition) is 1. The van der Waals surface area contributed by atoms with Gasteiger partial charge in [0.05, 0.1) is 6.54 Å². The zero-order valence-corrected chi connectivity index (χ0v) is 8.00. The second kappa shape index (κ2) is 4.92. The van der Waals surface area contributed by atoms with Crippen LogP contribution in [0, 0.1) is 0 Å². The molecule has 1 rings (SSSR count). The molecular formula is C7H9BrN2O2. The van der Waals surface area contributed by atoms with Gasteiger partial charge in [-0.3, -0.25) is 4.79 Å². The van der Waals surface area contributed by atoms with Gasteiger partial charge in [-0.1, -0.05) is 21.1 Å². The van der Waals surface area contributed by atoms with Gasteiger partial charge in [-0.25, -0.2) is 0 Å². The highest BCUT2D eigenvalue weighted by atomic mass is 79.9. The molecule has 1 heterocycles. The van der Waals surface area contributed by atoms with E-state index in [9.17, 15) is 4.79 Å². The fourth-order valence-electron chi connectivity index (χ4n) is 0.692. The van der Waals surface area contributed by atoms with E-state index in [1.807, 2.05) is 0 Å². The fourth-order valence-corrected chi connectivity index (χ4v) is 1.05. The molecule has 1 N–H and O–H groups in total. The van der Waals surface area contributed by atoms with Crippen molar-refractivity contribution in [2.75, 3.05) is 5.33 Å². The van der Waals surface area contributed by atoms with Crippen molar-refractivity contribution in [1.82, 2.24) is 10.5 Å². The van der Waals surface area contributed by atoms with Crippen LogP contribution in [0.4, 0.5) is 0 Å². The summed E-state index contributed by atoms with van der Waals surface area (Å²) in [5.74, 6) is 0.00914. The summed E-state index contributed by atoms with van der Waals surface area (Å²) in [7, 11) is 0. The first-order valence-corrected chi connectivity index (χ1v) is 4.67. The van der Waals surface area contributed by atoms with Crippen LogP contribution in [0.2, 0.25) is 0 Å². The monoisotopic (exact) mass is 232 g/mol. The first-order valence-electron chi connectivity index (χ1n) is 3.55. The molecule has 1 aromatic heterocycles. The molecule has 0 aliphatic rings. The Kier molecular flexibility index (Phi) is 3.79. The minimum atomic E-state index is 0.00914. The van der Waals surface area contributed by atoms with Crippen LogP contribution in [-0.4, -0.2) is 16.4 Å². The van der Waals surface area contributed by atoms with Gasteiger partial charge in [0.2, 0.25) is 5.91 Å². The molecule has 12 heavy (non-hydrogen) atoms. The number of alkyl halides is 1. The highest BCUT2D eigenvalue weighted by molar-refractivity contribution is 9.09. The highest BCUT2D eigenvalue weighted by Crippen LogP contribution is 1.94. The average Bonchev–Trinajstić information content (AvgIpc) is 2.53.